The number of aromatic nitrogens is 2. The van der Waals surface area contributed by atoms with Gasteiger partial charge in [0.15, 0.2) is 11.5 Å². The monoisotopic (exact) mass is 363 g/mol. The number of benzene rings is 2. The molecule has 0 unspecified atom stereocenters. The van der Waals surface area contributed by atoms with Crippen LogP contribution in [0.15, 0.2) is 48.7 Å². The van der Waals surface area contributed by atoms with E-state index in [1.54, 1.807) is 13.3 Å². The van der Waals surface area contributed by atoms with Gasteiger partial charge in [0.1, 0.15) is 5.82 Å². The molecule has 0 amide bonds. The van der Waals surface area contributed by atoms with E-state index in [4.69, 9.17) is 9.47 Å². The molecular weight excluding hydrogens is 338 g/mol. The molecular formula is C22H25N3O2. The first-order valence-corrected chi connectivity index (χ1v) is 9.56. The summed E-state index contributed by atoms with van der Waals surface area (Å²) in [6, 6.07) is 14.1. The van der Waals surface area contributed by atoms with Crippen LogP contribution in [0.2, 0.25) is 0 Å². The summed E-state index contributed by atoms with van der Waals surface area (Å²) in [5, 5.41) is 3.42. The number of hydrogen-bond acceptors (Lipinski definition) is 5. The van der Waals surface area contributed by atoms with Gasteiger partial charge in [-0.3, -0.25) is 4.98 Å². The number of nitrogens with zero attached hydrogens (tertiary/aromatic N) is 2. The van der Waals surface area contributed by atoms with Crippen LogP contribution in [0.5, 0.6) is 11.5 Å². The fraction of sp³-hybridized carbons (Fsp3) is 0.364. The third-order valence-corrected chi connectivity index (χ3v) is 5.10. The van der Waals surface area contributed by atoms with Crippen molar-refractivity contribution in [2.24, 2.45) is 0 Å². The zero-order valence-electron chi connectivity index (χ0n) is 15.8. The Kier molecular flexibility index (Phi) is 5.10. The Hall–Kier alpha value is -2.82. The molecule has 1 saturated carbocycles. The van der Waals surface area contributed by atoms with Gasteiger partial charge < -0.3 is 14.8 Å². The molecule has 1 atom stereocenters. The maximum Gasteiger partial charge on any atom is 0.161 e. The first-order chi connectivity index (χ1) is 13.2. The van der Waals surface area contributed by atoms with Gasteiger partial charge in [0.2, 0.25) is 0 Å². The molecule has 140 valence electrons. The Labute approximate surface area is 159 Å². The van der Waals surface area contributed by atoms with Crippen molar-refractivity contribution in [2.75, 3.05) is 12.4 Å². The molecule has 0 saturated heterocycles. The Morgan fingerprint density at radius 2 is 1.81 bits per heavy atom. The highest BCUT2D eigenvalue weighted by molar-refractivity contribution is 5.75. The highest BCUT2D eigenvalue weighted by Crippen LogP contribution is 2.34. The first kappa shape index (κ1) is 17.6. The Morgan fingerprint density at radius 1 is 1.04 bits per heavy atom. The lowest BCUT2D eigenvalue weighted by Crippen LogP contribution is -2.12. The summed E-state index contributed by atoms with van der Waals surface area (Å²) in [4.78, 5) is 9.10. The van der Waals surface area contributed by atoms with E-state index >= 15 is 0 Å². The lowest BCUT2D eigenvalue weighted by molar-refractivity contribution is 0.200. The van der Waals surface area contributed by atoms with Gasteiger partial charge in [0.25, 0.3) is 0 Å². The second-order valence-electron chi connectivity index (χ2n) is 7.04. The quantitative estimate of drug-likeness (QED) is 0.658. The first-order valence-electron chi connectivity index (χ1n) is 9.56. The van der Waals surface area contributed by atoms with Crippen molar-refractivity contribution in [3.63, 3.8) is 0 Å². The van der Waals surface area contributed by atoms with Crippen molar-refractivity contribution in [2.45, 2.75) is 44.8 Å². The number of hydrogen-bond donors (Lipinski definition) is 1. The molecule has 2 aromatic carbocycles. The predicted molar refractivity (Wildman–Crippen MR) is 107 cm³/mol. The van der Waals surface area contributed by atoms with Gasteiger partial charge in [-0.1, -0.05) is 18.2 Å². The summed E-state index contributed by atoms with van der Waals surface area (Å²) in [5.74, 6) is 2.36. The minimum atomic E-state index is 0.0647. The minimum Gasteiger partial charge on any atom is -0.493 e. The Balaban J connectivity index is 1.50. The molecule has 1 N–H and O–H groups in total. The van der Waals surface area contributed by atoms with Crippen molar-refractivity contribution in [1.82, 2.24) is 9.97 Å². The van der Waals surface area contributed by atoms with Crippen LogP contribution in [-0.4, -0.2) is 23.2 Å². The largest absolute Gasteiger partial charge is 0.493 e. The summed E-state index contributed by atoms with van der Waals surface area (Å²) in [7, 11) is 1.69. The van der Waals surface area contributed by atoms with Crippen LogP contribution in [0.3, 0.4) is 0 Å². The number of nitrogens with one attached hydrogen (secondary N) is 1. The number of methoxy groups -OCH3 is 1. The lowest BCUT2D eigenvalue weighted by atomic mass is 10.1. The number of anilines is 1. The molecule has 0 radical (unpaired) electrons. The molecule has 4 rings (SSSR count). The van der Waals surface area contributed by atoms with E-state index in [1.165, 1.54) is 12.8 Å². The van der Waals surface area contributed by atoms with E-state index in [0.717, 1.165) is 46.8 Å². The predicted octanol–water partition coefficient (Wildman–Crippen LogP) is 5.13. The van der Waals surface area contributed by atoms with Crippen LogP contribution in [0.4, 0.5) is 5.82 Å². The maximum absolute atomic E-state index is 6.13. The van der Waals surface area contributed by atoms with Crippen molar-refractivity contribution in [1.29, 1.82) is 0 Å². The SMILES string of the molecule is COc1cc([C@H](C)Nc2cnc3ccccc3n2)ccc1OC1CCCC1. The van der Waals surface area contributed by atoms with E-state index in [2.05, 4.69) is 28.3 Å². The van der Waals surface area contributed by atoms with E-state index in [0.29, 0.717) is 6.10 Å². The average molecular weight is 363 g/mol. The molecule has 1 aliphatic rings. The van der Waals surface area contributed by atoms with Crippen molar-refractivity contribution in [3.05, 3.63) is 54.2 Å². The number of ether oxygens (including phenoxy) is 2. The second-order valence-corrected chi connectivity index (χ2v) is 7.04. The molecule has 1 aliphatic carbocycles. The molecule has 1 fully saturated rings. The van der Waals surface area contributed by atoms with Crippen LogP contribution in [0, 0.1) is 0 Å². The minimum absolute atomic E-state index is 0.0647. The molecule has 27 heavy (non-hydrogen) atoms. The summed E-state index contributed by atoms with van der Waals surface area (Å²) in [6.07, 6.45) is 6.84. The number of rotatable bonds is 6. The fourth-order valence-corrected chi connectivity index (χ4v) is 3.57. The van der Waals surface area contributed by atoms with Gasteiger partial charge in [-0.05, 0) is 62.4 Å². The van der Waals surface area contributed by atoms with Crippen LogP contribution >= 0.6 is 0 Å². The highest BCUT2D eigenvalue weighted by Gasteiger charge is 2.19. The van der Waals surface area contributed by atoms with Crippen molar-refractivity contribution < 1.29 is 9.47 Å². The zero-order chi connectivity index (χ0) is 18.6. The van der Waals surface area contributed by atoms with E-state index in [9.17, 15) is 0 Å². The zero-order valence-corrected chi connectivity index (χ0v) is 15.8. The Morgan fingerprint density at radius 3 is 2.59 bits per heavy atom. The third-order valence-electron chi connectivity index (χ3n) is 5.10. The second kappa shape index (κ2) is 7.82. The highest BCUT2D eigenvalue weighted by atomic mass is 16.5. The van der Waals surface area contributed by atoms with Gasteiger partial charge >= 0.3 is 0 Å². The van der Waals surface area contributed by atoms with Crippen LogP contribution < -0.4 is 14.8 Å². The Bertz CT molecular complexity index is 922. The molecule has 0 aliphatic heterocycles. The van der Waals surface area contributed by atoms with E-state index < -0.39 is 0 Å². The van der Waals surface area contributed by atoms with Crippen LogP contribution in [0.25, 0.3) is 11.0 Å². The van der Waals surface area contributed by atoms with Gasteiger partial charge in [0.05, 0.1) is 36.5 Å². The lowest BCUT2D eigenvalue weighted by Gasteiger charge is -2.19. The molecule has 5 nitrogen and oxygen atoms in total. The molecule has 0 spiro atoms. The number of para-hydroxylation sites is 2. The maximum atomic E-state index is 6.13. The van der Waals surface area contributed by atoms with E-state index in [-0.39, 0.29) is 6.04 Å². The van der Waals surface area contributed by atoms with Gasteiger partial charge in [-0.2, -0.15) is 0 Å². The van der Waals surface area contributed by atoms with Crippen LogP contribution in [-0.2, 0) is 0 Å². The molecule has 0 bridgehead atoms. The van der Waals surface area contributed by atoms with Gasteiger partial charge in [-0.25, -0.2) is 4.98 Å². The van der Waals surface area contributed by atoms with Crippen molar-refractivity contribution >= 4 is 16.9 Å². The summed E-state index contributed by atoms with van der Waals surface area (Å²) >= 11 is 0. The molecule has 5 heteroatoms. The molecule has 1 aromatic heterocycles. The normalized spacial score (nSPS) is 15.6. The molecule has 1 heterocycles. The topological polar surface area (TPSA) is 56.3 Å². The van der Waals surface area contributed by atoms with Gasteiger partial charge in [0, 0.05) is 0 Å². The summed E-state index contributed by atoms with van der Waals surface area (Å²) < 4.78 is 11.7. The van der Waals surface area contributed by atoms with Crippen LogP contribution in [0.1, 0.15) is 44.2 Å². The summed E-state index contributed by atoms with van der Waals surface area (Å²) in [6.45, 7) is 2.10. The standard InChI is InChI=1S/C22H25N3O2/c1-15(24-22-14-23-18-9-5-6-10-19(18)25-22)16-11-12-20(21(13-16)26-2)27-17-7-3-4-8-17/h5-6,9-15,17H,3-4,7-8H2,1-2H3,(H,24,25)/t15-/m0/s1. The van der Waals surface area contributed by atoms with E-state index in [1.807, 2.05) is 36.4 Å². The smallest absolute Gasteiger partial charge is 0.161 e. The number of fused-ring (bicyclic) bond motifs is 1. The third kappa shape index (κ3) is 3.97. The average Bonchev–Trinajstić information content (AvgIpc) is 3.21. The fourth-order valence-electron chi connectivity index (χ4n) is 3.57. The van der Waals surface area contributed by atoms with Gasteiger partial charge in [-0.15, -0.1) is 0 Å². The molecule has 3 aromatic rings. The summed E-state index contributed by atoms with van der Waals surface area (Å²) in [5.41, 5.74) is 2.89. The van der Waals surface area contributed by atoms with Crippen molar-refractivity contribution in [3.8, 4) is 11.5 Å².